The fraction of sp³-hybridized carbons (Fsp3) is 0.667. The fourth-order valence-electron chi connectivity index (χ4n) is 1.52. The van der Waals surface area contributed by atoms with Crippen molar-refractivity contribution in [2.45, 2.75) is 37.8 Å². The van der Waals surface area contributed by atoms with Gasteiger partial charge in [0.1, 0.15) is 0 Å². The van der Waals surface area contributed by atoms with Gasteiger partial charge in [0.25, 0.3) is 0 Å². The van der Waals surface area contributed by atoms with E-state index in [-0.39, 0.29) is 18.1 Å². The first-order chi connectivity index (χ1) is 5.74. The zero-order valence-corrected chi connectivity index (χ0v) is 7.12. The van der Waals surface area contributed by atoms with E-state index in [1.165, 1.54) is 6.08 Å². The first-order valence-corrected chi connectivity index (χ1v) is 4.35. The minimum atomic E-state index is -0.373. The number of rotatable bonds is 2. The molecule has 0 aromatic carbocycles. The molecule has 0 aromatic rings. The standard InChI is InChI=1S/C9H15NO2/c1-2-9(12)10-7-5-3-4-6-8(7)11/h2,7-8,11H,1,3-6H2,(H,10,12)/t7-,8+/m1/s1. The Bertz CT molecular complexity index is 179. The first-order valence-electron chi connectivity index (χ1n) is 4.35. The summed E-state index contributed by atoms with van der Waals surface area (Å²) in [5.41, 5.74) is 0. The molecule has 0 radical (unpaired) electrons. The van der Waals surface area contributed by atoms with Gasteiger partial charge in [0.2, 0.25) is 5.91 Å². The van der Waals surface area contributed by atoms with E-state index in [1.54, 1.807) is 0 Å². The second kappa shape index (κ2) is 4.26. The molecular weight excluding hydrogens is 154 g/mol. The summed E-state index contributed by atoms with van der Waals surface area (Å²) in [5, 5.41) is 12.2. The number of carbonyl (C=O) groups excluding carboxylic acids is 1. The maximum Gasteiger partial charge on any atom is 0.243 e. The van der Waals surface area contributed by atoms with Gasteiger partial charge >= 0.3 is 0 Å². The average Bonchev–Trinajstić information content (AvgIpc) is 2.09. The Balaban J connectivity index is 2.38. The number of nitrogens with one attached hydrogen (secondary N) is 1. The summed E-state index contributed by atoms with van der Waals surface area (Å²) in [7, 11) is 0. The largest absolute Gasteiger partial charge is 0.391 e. The molecule has 2 N–H and O–H groups in total. The molecule has 1 amide bonds. The van der Waals surface area contributed by atoms with Gasteiger partial charge in [-0.2, -0.15) is 0 Å². The van der Waals surface area contributed by atoms with Crippen LogP contribution >= 0.6 is 0 Å². The van der Waals surface area contributed by atoms with E-state index in [2.05, 4.69) is 11.9 Å². The molecule has 1 aliphatic carbocycles. The van der Waals surface area contributed by atoms with Crippen LogP contribution in [0.25, 0.3) is 0 Å². The molecule has 0 saturated heterocycles. The molecule has 0 bridgehead atoms. The Hall–Kier alpha value is -0.830. The van der Waals surface area contributed by atoms with Gasteiger partial charge in [0.05, 0.1) is 12.1 Å². The number of aliphatic hydroxyl groups excluding tert-OH is 1. The molecule has 0 spiro atoms. The van der Waals surface area contributed by atoms with Crippen molar-refractivity contribution in [3.8, 4) is 0 Å². The summed E-state index contributed by atoms with van der Waals surface area (Å²) in [4.78, 5) is 10.9. The lowest BCUT2D eigenvalue weighted by atomic mass is 9.92. The molecule has 68 valence electrons. The zero-order chi connectivity index (χ0) is 8.97. The van der Waals surface area contributed by atoms with Crippen LogP contribution in [0.2, 0.25) is 0 Å². The van der Waals surface area contributed by atoms with E-state index >= 15 is 0 Å². The minimum Gasteiger partial charge on any atom is -0.391 e. The Morgan fingerprint density at radius 2 is 2.17 bits per heavy atom. The van der Waals surface area contributed by atoms with Crippen molar-refractivity contribution in [2.75, 3.05) is 0 Å². The third-order valence-corrected chi connectivity index (χ3v) is 2.24. The predicted molar refractivity (Wildman–Crippen MR) is 46.6 cm³/mol. The first kappa shape index (κ1) is 9.26. The van der Waals surface area contributed by atoms with Gasteiger partial charge in [-0.05, 0) is 18.9 Å². The number of hydrogen-bond acceptors (Lipinski definition) is 2. The van der Waals surface area contributed by atoms with Crippen LogP contribution in [0, 0.1) is 0 Å². The third kappa shape index (κ3) is 2.34. The van der Waals surface area contributed by atoms with Crippen LogP contribution in [-0.2, 0) is 4.79 Å². The maximum absolute atomic E-state index is 10.9. The lowest BCUT2D eigenvalue weighted by Crippen LogP contribution is -2.44. The van der Waals surface area contributed by atoms with E-state index in [1.807, 2.05) is 0 Å². The average molecular weight is 169 g/mol. The molecule has 12 heavy (non-hydrogen) atoms. The minimum absolute atomic E-state index is 0.0655. The molecular formula is C9H15NO2. The second-order valence-electron chi connectivity index (χ2n) is 3.17. The van der Waals surface area contributed by atoms with Gasteiger partial charge in [-0.3, -0.25) is 4.79 Å². The highest BCUT2D eigenvalue weighted by molar-refractivity contribution is 5.87. The smallest absolute Gasteiger partial charge is 0.243 e. The third-order valence-electron chi connectivity index (χ3n) is 2.24. The van der Waals surface area contributed by atoms with Crippen molar-refractivity contribution in [2.24, 2.45) is 0 Å². The molecule has 0 heterocycles. The molecule has 1 fully saturated rings. The molecule has 0 aromatic heterocycles. The van der Waals surface area contributed by atoms with Crippen LogP contribution in [0.4, 0.5) is 0 Å². The van der Waals surface area contributed by atoms with E-state index in [9.17, 15) is 9.90 Å². The number of hydrogen-bond donors (Lipinski definition) is 2. The van der Waals surface area contributed by atoms with E-state index in [0.29, 0.717) is 0 Å². The highest BCUT2D eigenvalue weighted by Crippen LogP contribution is 2.18. The molecule has 3 nitrogen and oxygen atoms in total. The van der Waals surface area contributed by atoms with Gasteiger partial charge in [0.15, 0.2) is 0 Å². The second-order valence-corrected chi connectivity index (χ2v) is 3.17. The molecule has 1 rings (SSSR count). The summed E-state index contributed by atoms with van der Waals surface area (Å²) >= 11 is 0. The summed E-state index contributed by atoms with van der Waals surface area (Å²) < 4.78 is 0. The SMILES string of the molecule is C=CC(=O)N[C@@H]1CCCC[C@@H]1O. The topological polar surface area (TPSA) is 49.3 Å². The lowest BCUT2D eigenvalue weighted by Gasteiger charge is -2.27. The van der Waals surface area contributed by atoms with Crippen LogP contribution in [0.5, 0.6) is 0 Å². The molecule has 2 atom stereocenters. The predicted octanol–water partition coefficient (Wildman–Crippen LogP) is 0.592. The van der Waals surface area contributed by atoms with Crippen LogP contribution in [-0.4, -0.2) is 23.2 Å². The summed E-state index contributed by atoms with van der Waals surface area (Å²) in [6.45, 7) is 3.36. The van der Waals surface area contributed by atoms with Crippen LogP contribution in [0.1, 0.15) is 25.7 Å². The highest BCUT2D eigenvalue weighted by Gasteiger charge is 2.23. The van der Waals surface area contributed by atoms with Gasteiger partial charge in [-0.25, -0.2) is 0 Å². The molecule has 3 heteroatoms. The number of aliphatic hydroxyl groups is 1. The monoisotopic (exact) mass is 169 g/mol. The van der Waals surface area contributed by atoms with Gasteiger partial charge in [-0.15, -0.1) is 0 Å². The van der Waals surface area contributed by atoms with Gasteiger partial charge < -0.3 is 10.4 Å². The number of amides is 1. The van der Waals surface area contributed by atoms with E-state index in [4.69, 9.17) is 0 Å². The Kier molecular flexibility index (Phi) is 3.29. The summed E-state index contributed by atoms with van der Waals surface area (Å²) in [5.74, 6) is -0.194. The quantitative estimate of drug-likeness (QED) is 0.594. The van der Waals surface area contributed by atoms with Crippen molar-refractivity contribution in [3.63, 3.8) is 0 Å². The van der Waals surface area contributed by atoms with Crippen LogP contribution in [0.15, 0.2) is 12.7 Å². The summed E-state index contributed by atoms with van der Waals surface area (Å²) in [6, 6.07) is -0.0655. The zero-order valence-electron chi connectivity index (χ0n) is 7.12. The molecule has 1 aliphatic rings. The molecule has 0 unspecified atom stereocenters. The number of carbonyl (C=O) groups is 1. The van der Waals surface area contributed by atoms with Gasteiger partial charge in [-0.1, -0.05) is 19.4 Å². The Morgan fingerprint density at radius 1 is 1.50 bits per heavy atom. The highest BCUT2D eigenvalue weighted by atomic mass is 16.3. The molecule has 0 aliphatic heterocycles. The van der Waals surface area contributed by atoms with Crippen molar-refractivity contribution < 1.29 is 9.90 Å². The van der Waals surface area contributed by atoms with Crippen LogP contribution < -0.4 is 5.32 Å². The maximum atomic E-state index is 10.9. The Morgan fingerprint density at radius 3 is 2.75 bits per heavy atom. The van der Waals surface area contributed by atoms with Crippen molar-refractivity contribution >= 4 is 5.91 Å². The van der Waals surface area contributed by atoms with Crippen LogP contribution in [0.3, 0.4) is 0 Å². The van der Waals surface area contributed by atoms with E-state index in [0.717, 1.165) is 25.7 Å². The summed E-state index contributed by atoms with van der Waals surface area (Å²) in [6.07, 6.45) is 4.67. The Labute approximate surface area is 72.5 Å². The normalized spacial score (nSPS) is 29.4. The van der Waals surface area contributed by atoms with Crippen molar-refractivity contribution in [1.82, 2.24) is 5.32 Å². The van der Waals surface area contributed by atoms with Crippen molar-refractivity contribution in [1.29, 1.82) is 0 Å². The lowest BCUT2D eigenvalue weighted by molar-refractivity contribution is -0.118. The van der Waals surface area contributed by atoms with Crippen molar-refractivity contribution in [3.05, 3.63) is 12.7 Å². The fourth-order valence-corrected chi connectivity index (χ4v) is 1.52. The molecule has 1 saturated carbocycles. The van der Waals surface area contributed by atoms with Gasteiger partial charge in [0, 0.05) is 0 Å². The van der Waals surface area contributed by atoms with E-state index < -0.39 is 0 Å².